The zero-order chi connectivity index (χ0) is 29.4. The van der Waals surface area contributed by atoms with Crippen molar-refractivity contribution < 1.29 is 36.3 Å². The van der Waals surface area contributed by atoms with Gasteiger partial charge in [-0.1, -0.05) is 6.07 Å². The molecule has 1 unspecified atom stereocenters. The molecule has 4 rings (SSSR count). The highest BCUT2D eigenvalue weighted by Crippen LogP contribution is 2.37. The van der Waals surface area contributed by atoms with Crippen LogP contribution < -0.4 is 14.9 Å². The number of rotatable bonds is 8. The molecule has 3 atom stereocenters. The summed E-state index contributed by atoms with van der Waals surface area (Å²) >= 11 is -2.89. The standard InChI is InChI=1S/C25H27F3N6O5S/c1-32(2)21-5-4-16(13-31-21)34(40(37)38)19-7-9-33(23(19)35)20(24(36)39-3)11-15-10-14-6-8-30-22(29)17(14)12-18(15)25(26,27)28/h4-6,8,10,12-13,19-20H,7,9,11H2,1-3H3,(H2,29,30)(H,37,38)/p-1/t19-,20+/m0/s1. The SMILES string of the molecule is COC(=O)[C@@H](Cc1cc2ccnc(N)c2cc1C(F)(F)F)N1CC[C@H](N(c2ccc(N(C)C)nc2)S(=O)[O-])C1=O. The van der Waals surface area contributed by atoms with E-state index < -0.39 is 53.4 Å². The smallest absolute Gasteiger partial charge is 0.416 e. The fraction of sp³-hybridized carbons (Fsp3) is 0.360. The normalized spacial score (nSPS) is 17.1. The number of nitrogens with two attached hydrogens (primary N) is 1. The first kappa shape index (κ1) is 29.0. The zero-order valence-electron chi connectivity index (χ0n) is 21.7. The quantitative estimate of drug-likeness (QED) is 0.314. The van der Waals surface area contributed by atoms with Gasteiger partial charge in [0.25, 0.3) is 0 Å². The second kappa shape index (κ2) is 11.3. The van der Waals surface area contributed by atoms with E-state index in [0.717, 1.165) is 22.4 Å². The summed E-state index contributed by atoms with van der Waals surface area (Å²) in [5.41, 5.74) is 4.60. The third-order valence-electron chi connectivity index (χ3n) is 6.69. The molecule has 1 aliphatic heterocycles. The van der Waals surface area contributed by atoms with Crippen LogP contribution in [-0.4, -0.2) is 75.3 Å². The van der Waals surface area contributed by atoms with E-state index in [0.29, 0.717) is 11.2 Å². The average molecular weight is 580 g/mol. The number of nitrogens with zero attached hydrogens (tertiary/aromatic N) is 5. The van der Waals surface area contributed by atoms with Crippen molar-refractivity contribution >= 4 is 51.2 Å². The number of aromatic nitrogens is 2. The fourth-order valence-electron chi connectivity index (χ4n) is 4.75. The van der Waals surface area contributed by atoms with Gasteiger partial charge in [-0.3, -0.25) is 13.3 Å². The first-order valence-corrected chi connectivity index (χ1v) is 13.0. The number of fused-ring (bicyclic) bond motifs is 1. The molecule has 1 aromatic carbocycles. The number of pyridine rings is 2. The molecule has 214 valence electrons. The number of esters is 1. The Kier molecular flexibility index (Phi) is 8.16. The van der Waals surface area contributed by atoms with Gasteiger partial charge in [0.15, 0.2) is 0 Å². The Balaban J connectivity index is 1.70. The van der Waals surface area contributed by atoms with E-state index >= 15 is 0 Å². The maximum Gasteiger partial charge on any atom is 0.416 e. The van der Waals surface area contributed by atoms with Crippen molar-refractivity contribution in [1.82, 2.24) is 14.9 Å². The lowest BCUT2D eigenvalue weighted by molar-refractivity contribution is -0.151. The average Bonchev–Trinajstić information content (AvgIpc) is 3.26. The van der Waals surface area contributed by atoms with E-state index in [-0.39, 0.29) is 35.4 Å². The number of benzene rings is 1. The lowest BCUT2D eigenvalue weighted by Crippen LogP contribution is -2.49. The van der Waals surface area contributed by atoms with Crippen LogP contribution in [0.5, 0.6) is 0 Å². The van der Waals surface area contributed by atoms with Gasteiger partial charge in [-0.05, 0) is 41.6 Å². The number of alkyl halides is 3. The van der Waals surface area contributed by atoms with Crippen molar-refractivity contribution in [2.24, 2.45) is 0 Å². The Labute approximate surface area is 230 Å². The first-order chi connectivity index (χ1) is 18.8. The molecule has 11 nitrogen and oxygen atoms in total. The first-order valence-electron chi connectivity index (χ1n) is 12.0. The highest BCUT2D eigenvalue weighted by Gasteiger charge is 2.44. The van der Waals surface area contributed by atoms with Gasteiger partial charge in [-0.25, -0.2) is 14.8 Å². The van der Waals surface area contributed by atoms with Gasteiger partial charge in [0, 0.05) is 49.9 Å². The number of methoxy groups -OCH3 is 1. The number of ether oxygens (including phenoxy) is 1. The Morgan fingerprint density at radius 1 is 1.27 bits per heavy atom. The number of amides is 1. The molecule has 1 aliphatic rings. The summed E-state index contributed by atoms with van der Waals surface area (Å²) < 4.78 is 72.3. The van der Waals surface area contributed by atoms with E-state index in [4.69, 9.17) is 10.5 Å². The molecule has 3 heterocycles. The summed E-state index contributed by atoms with van der Waals surface area (Å²) in [6.07, 6.45) is -2.70. The highest BCUT2D eigenvalue weighted by atomic mass is 32.2. The van der Waals surface area contributed by atoms with Gasteiger partial charge < -0.3 is 24.8 Å². The molecule has 2 N–H and O–H groups in total. The Morgan fingerprint density at radius 3 is 2.58 bits per heavy atom. The minimum absolute atomic E-state index is 0.0121. The molecule has 0 saturated carbocycles. The molecular weight excluding hydrogens is 553 g/mol. The van der Waals surface area contributed by atoms with Crippen molar-refractivity contribution in [2.45, 2.75) is 31.1 Å². The minimum Gasteiger partial charge on any atom is -0.755 e. The summed E-state index contributed by atoms with van der Waals surface area (Å²) in [4.78, 5) is 37.1. The van der Waals surface area contributed by atoms with Crippen LogP contribution in [0, 0.1) is 0 Å². The lowest BCUT2D eigenvalue weighted by Gasteiger charge is -2.32. The number of anilines is 3. The van der Waals surface area contributed by atoms with E-state index in [1.54, 1.807) is 25.1 Å². The summed E-state index contributed by atoms with van der Waals surface area (Å²) in [5, 5.41) is 0.458. The summed E-state index contributed by atoms with van der Waals surface area (Å²) in [7, 11) is 4.56. The number of likely N-dealkylation sites (tertiary alicyclic amines) is 1. The Bertz CT molecular complexity index is 1450. The van der Waals surface area contributed by atoms with E-state index in [1.165, 1.54) is 30.6 Å². The van der Waals surface area contributed by atoms with Gasteiger partial charge >= 0.3 is 12.1 Å². The second-order valence-electron chi connectivity index (χ2n) is 9.32. The third kappa shape index (κ3) is 5.65. The Morgan fingerprint density at radius 2 is 2.00 bits per heavy atom. The molecule has 1 amide bonds. The van der Waals surface area contributed by atoms with Crippen molar-refractivity contribution in [1.29, 1.82) is 0 Å². The molecule has 1 saturated heterocycles. The van der Waals surface area contributed by atoms with E-state index in [9.17, 15) is 31.5 Å². The highest BCUT2D eigenvalue weighted by molar-refractivity contribution is 7.80. The molecule has 40 heavy (non-hydrogen) atoms. The van der Waals surface area contributed by atoms with Crippen molar-refractivity contribution in [3.63, 3.8) is 0 Å². The topological polar surface area (TPSA) is 145 Å². The van der Waals surface area contributed by atoms with Crippen LogP contribution in [0.2, 0.25) is 0 Å². The van der Waals surface area contributed by atoms with Crippen molar-refractivity contribution in [3.8, 4) is 0 Å². The molecule has 0 bridgehead atoms. The molecule has 2 aromatic heterocycles. The van der Waals surface area contributed by atoms with E-state index in [1.807, 2.05) is 0 Å². The number of halogens is 3. The molecule has 3 aromatic rings. The molecular formula is C25H26F3N6O5S-. The fourth-order valence-corrected chi connectivity index (χ4v) is 5.43. The van der Waals surface area contributed by atoms with Crippen LogP contribution in [0.4, 0.5) is 30.5 Å². The van der Waals surface area contributed by atoms with Crippen LogP contribution in [0.15, 0.2) is 42.7 Å². The number of carbonyl (C=O) groups is 2. The molecule has 1 fully saturated rings. The molecule has 0 radical (unpaired) electrons. The Hall–Kier alpha value is -3.98. The van der Waals surface area contributed by atoms with E-state index in [2.05, 4.69) is 9.97 Å². The lowest BCUT2D eigenvalue weighted by atomic mass is 9.95. The monoisotopic (exact) mass is 579 g/mol. The predicted molar refractivity (Wildman–Crippen MR) is 141 cm³/mol. The largest absolute Gasteiger partial charge is 0.755 e. The van der Waals surface area contributed by atoms with Gasteiger partial charge in [0.2, 0.25) is 5.91 Å². The van der Waals surface area contributed by atoms with Crippen LogP contribution in [-0.2, 0) is 38.2 Å². The number of hydrogen-bond donors (Lipinski definition) is 1. The molecule has 0 spiro atoms. The summed E-state index contributed by atoms with van der Waals surface area (Å²) in [6, 6.07) is 3.97. The van der Waals surface area contributed by atoms with Gasteiger partial charge in [0.1, 0.15) is 23.7 Å². The molecule has 15 heteroatoms. The molecule has 0 aliphatic carbocycles. The number of carbonyl (C=O) groups excluding carboxylic acids is 2. The number of hydrogen-bond acceptors (Lipinski definition) is 9. The van der Waals surface area contributed by atoms with Crippen LogP contribution in [0.25, 0.3) is 10.8 Å². The van der Waals surface area contributed by atoms with Gasteiger partial charge in [-0.15, -0.1) is 0 Å². The zero-order valence-corrected chi connectivity index (χ0v) is 22.5. The maximum atomic E-state index is 14.1. The summed E-state index contributed by atoms with van der Waals surface area (Å²) in [5.74, 6) is -1.23. The minimum atomic E-state index is -4.80. The number of nitrogen functional groups attached to an aromatic ring is 1. The second-order valence-corrected chi connectivity index (χ2v) is 10.1. The van der Waals surface area contributed by atoms with Crippen molar-refractivity contribution in [3.05, 3.63) is 53.9 Å². The van der Waals surface area contributed by atoms with Crippen LogP contribution >= 0.6 is 0 Å². The van der Waals surface area contributed by atoms with Crippen LogP contribution in [0.1, 0.15) is 17.5 Å². The summed E-state index contributed by atoms with van der Waals surface area (Å²) in [6.45, 7) is -0.0913. The predicted octanol–water partition coefficient (Wildman–Crippen LogP) is 2.28. The van der Waals surface area contributed by atoms with Crippen LogP contribution in [0.3, 0.4) is 0 Å². The third-order valence-corrected chi connectivity index (χ3v) is 7.47. The van der Waals surface area contributed by atoms with Gasteiger partial charge in [-0.2, -0.15) is 13.2 Å². The van der Waals surface area contributed by atoms with Crippen molar-refractivity contribution in [2.75, 3.05) is 42.7 Å². The van der Waals surface area contributed by atoms with Gasteiger partial charge in [0.05, 0.1) is 24.6 Å². The maximum absolute atomic E-state index is 14.1.